The lowest BCUT2D eigenvalue weighted by Crippen LogP contribution is -2.53. The first-order chi connectivity index (χ1) is 36.5. The molecule has 0 aromatic rings. The fourth-order valence-electron chi connectivity index (χ4n) is 6.66. The number of amides is 4. The van der Waals surface area contributed by atoms with Gasteiger partial charge in [-0.05, 0) is 75.2 Å². The third-order valence-corrected chi connectivity index (χ3v) is 14.4. The van der Waals surface area contributed by atoms with Crippen LogP contribution in [-0.4, -0.2) is 193 Å². The normalized spacial score (nSPS) is 15.7. The fourth-order valence-corrected chi connectivity index (χ4v) is 9.17. The minimum atomic E-state index is -2.43. The fraction of sp³-hybridized carbons (Fsp3) is 0.750. The number of cyclic esters (lactones) is 1. The molecule has 1 heterocycles. The summed E-state index contributed by atoms with van der Waals surface area (Å²) in [6.45, 7) is 22.0. The zero-order chi connectivity index (χ0) is 58.8. The molecule has 0 aromatic carbocycles. The van der Waals surface area contributed by atoms with Gasteiger partial charge in [-0.3, -0.25) is 28.9 Å². The second-order valence-electron chi connectivity index (χ2n) is 17.2. The van der Waals surface area contributed by atoms with Gasteiger partial charge in [-0.15, -0.1) is 21.1 Å². The smallest absolute Gasteiger partial charge is 0.385 e. The summed E-state index contributed by atoms with van der Waals surface area (Å²) in [5, 5.41) is 20.9. The van der Waals surface area contributed by atoms with E-state index in [1.165, 1.54) is 19.8 Å². The van der Waals surface area contributed by atoms with Crippen LogP contribution in [-0.2, 0) is 76.8 Å². The Morgan fingerprint density at radius 2 is 1.09 bits per heavy atom. The Morgan fingerprint density at radius 1 is 0.636 bits per heavy atom. The lowest BCUT2D eigenvalue weighted by atomic mass is 10.1. The molecule has 1 rings (SSSR count). The minimum Gasteiger partial charge on any atom is -0.501 e. The summed E-state index contributed by atoms with van der Waals surface area (Å²) < 4.78 is 10.8. The number of carbonyl (C=O) groups is 10. The summed E-state index contributed by atoms with van der Waals surface area (Å²) in [6.07, 6.45) is 1.51. The van der Waals surface area contributed by atoms with E-state index >= 15 is 0 Å². The molecule has 0 bridgehead atoms. The van der Waals surface area contributed by atoms with Crippen LogP contribution in [0.15, 0.2) is 10.7 Å². The largest absolute Gasteiger partial charge is 0.501 e. The molecule has 77 heavy (non-hydrogen) atoms. The topological polar surface area (TPSA) is 371 Å². The van der Waals surface area contributed by atoms with Crippen LogP contribution in [0, 0.1) is 0 Å². The van der Waals surface area contributed by atoms with Crippen LogP contribution in [0.25, 0.3) is 0 Å². The molecule has 1 aliphatic rings. The molecule has 0 saturated heterocycles. The van der Waals surface area contributed by atoms with Crippen LogP contribution in [0.1, 0.15) is 115 Å². The Labute approximate surface area is 460 Å². The van der Waals surface area contributed by atoms with Crippen molar-refractivity contribution in [2.24, 2.45) is 11.5 Å². The van der Waals surface area contributed by atoms with Crippen molar-refractivity contribution in [1.29, 1.82) is 0 Å². The summed E-state index contributed by atoms with van der Waals surface area (Å²) in [4.78, 5) is 152. The van der Waals surface area contributed by atoms with Crippen LogP contribution in [0.3, 0.4) is 0 Å². The molecule has 0 spiro atoms. The average Bonchev–Trinajstić information content (AvgIpc) is 3.67. The van der Waals surface area contributed by atoms with E-state index in [0.717, 1.165) is 11.8 Å². The highest BCUT2D eigenvalue weighted by Crippen LogP contribution is 2.43. The molecule has 27 nitrogen and oxygen atoms in total. The number of unbranched alkanes of at least 4 members (excludes halogenated alkanes) is 1. The molecule has 5 unspecified atom stereocenters. The number of nitrogens with zero attached hydrogens (tertiary/aromatic N) is 2. The van der Waals surface area contributed by atoms with Crippen molar-refractivity contribution in [2.75, 3.05) is 89.3 Å². The van der Waals surface area contributed by atoms with Crippen molar-refractivity contribution in [3.8, 4) is 0 Å². The predicted molar refractivity (Wildman–Crippen MR) is 285 cm³/mol. The van der Waals surface area contributed by atoms with Crippen LogP contribution < -0.4 is 43.7 Å². The van der Waals surface area contributed by atoms with E-state index < -0.39 is 124 Å². The standard InChI is InChI=1S/C44H76N10O17S2.C4H10/c1-10-49-68-34(57)23-47-39(61)31(52-33(56)22-20-29(46)41(63)71-54(15-6,16-7)17-8)26-73-37-36(59)42(64)67-44(37,43(65)66-18-9)27-72-25-30(51-32(55)21-19-28(45)40(62)69-50-11-2)38(60)48-24-35(58)70-53(12-3,13-4)14-5;1-3-4-2/h28-31,49-50H,10-27,45-46H2,1-9H3,(H3-2,47,48,51,52,55,56,59,60,61);3-4H2,1-2H3/p+2. The van der Waals surface area contributed by atoms with Gasteiger partial charge in [0.1, 0.15) is 76.5 Å². The summed E-state index contributed by atoms with van der Waals surface area (Å²) in [5.74, 6) is -11.6. The van der Waals surface area contributed by atoms with E-state index in [2.05, 4.69) is 46.1 Å². The van der Waals surface area contributed by atoms with E-state index in [0.29, 0.717) is 57.6 Å². The van der Waals surface area contributed by atoms with Crippen LogP contribution in [0.4, 0.5) is 0 Å². The van der Waals surface area contributed by atoms with Gasteiger partial charge >= 0.3 is 35.8 Å². The first-order valence-electron chi connectivity index (χ1n) is 26.2. The summed E-state index contributed by atoms with van der Waals surface area (Å²) >= 11 is 1.32. The van der Waals surface area contributed by atoms with E-state index in [-0.39, 0.29) is 53.9 Å². The van der Waals surface area contributed by atoms with Crippen molar-refractivity contribution in [1.82, 2.24) is 32.2 Å². The first-order valence-corrected chi connectivity index (χ1v) is 28.4. The SMILES string of the molecule is CCCC.CCNOC(=O)CNC(=O)C(CSC1=C(O)C(=O)OC1(CSCC(NC(=O)CCC(N)C(=O)ONCC)C(=O)NCC(=O)O[N+](CC)(CC)CC)C(=O)OCC)NC(=O)CCC(N)C(=O)O[N+](CC)(CC)CC. The lowest BCUT2D eigenvalue weighted by Gasteiger charge is -2.32. The molecule has 0 fully saturated rings. The molecule has 5 atom stereocenters. The van der Waals surface area contributed by atoms with Gasteiger partial charge in [0, 0.05) is 43.2 Å². The highest BCUT2D eigenvalue weighted by molar-refractivity contribution is 8.03. The van der Waals surface area contributed by atoms with E-state index in [1.807, 2.05) is 41.5 Å². The number of thioether (sulfide) groups is 2. The second-order valence-corrected chi connectivity index (χ2v) is 19.2. The van der Waals surface area contributed by atoms with Crippen molar-refractivity contribution < 1.29 is 91.2 Å². The Morgan fingerprint density at radius 3 is 1.56 bits per heavy atom. The van der Waals surface area contributed by atoms with Crippen LogP contribution >= 0.6 is 23.5 Å². The van der Waals surface area contributed by atoms with E-state index in [1.54, 1.807) is 13.8 Å². The Balaban J connectivity index is 0.0000139. The number of nitrogens with one attached hydrogen (secondary N) is 6. The highest BCUT2D eigenvalue weighted by Gasteiger charge is 2.56. The Kier molecular flexibility index (Phi) is 35.7. The van der Waals surface area contributed by atoms with Gasteiger partial charge in [0.15, 0.2) is 0 Å². The molecule has 0 saturated carbocycles. The number of aliphatic hydroxyl groups is 1. The number of carbonyl (C=O) groups excluding carboxylic acids is 10. The Hall–Kier alpha value is -5.30. The number of esters is 2. The van der Waals surface area contributed by atoms with Crippen molar-refractivity contribution in [3.05, 3.63) is 10.7 Å². The molecule has 0 radical (unpaired) electrons. The quantitative estimate of drug-likeness (QED) is 0.0171. The van der Waals surface area contributed by atoms with Gasteiger partial charge in [0.2, 0.25) is 29.4 Å². The molecular formula is C48H88N10O17S2+2. The third kappa shape index (κ3) is 24.9. The second kappa shape index (κ2) is 38.3. The number of hydrogen-bond donors (Lipinski definition) is 9. The van der Waals surface area contributed by atoms with Gasteiger partial charge in [-0.2, -0.15) is 22.7 Å². The third-order valence-electron chi connectivity index (χ3n) is 11.9. The predicted octanol–water partition coefficient (Wildman–Crippen LogP) is 0.109. The van der Waals surface area contributed by atoms with Crippen molar-refractivity contribution in [2.45, 2.75) is 144 Å². The summed E-state index contributed by atoms with van der Waals surface area (Å²) in [5.41, 5.74) is 14.3. The summed E-state index contributed by atoms with van der Waals surface area (Å²) in [6, 6.07) is -5.44. The van der Waals surface area contributed by atoms with Crippen LogP contribution in [0.2, 0.25) is 0 Å². The maximum Gasteiger partial charge on any atom is 0.385 e. The molecular weight excluding hydrogens is 1050 g/mol. The van der Waals surface area contributed by atoms with Crippen molar-refractivity contribution in [3.63, 3.8) is 0 Å². The molecule has 1 aliphatic heterocycles. The van der Waals surface area contributed by atoms with E-state index in [9.17, 15) is 53.1 Å². The van der Waals surface area contributed by atoms with Crippen molar-refractivity contribution >= 4 is 83.0 Å². The Bertz CT molecular complexity index is 1940. The maximum atomic E-state index is 13.9. The monoisotopic (exact) mass is 1140 g/mol. The number of hydroxylamine groups is 8. The highest BCUT2D eigenvalue weighted by atomic mass is 32.2. The number of rotatable bonds is 38. The molecule has 29 heteroatoms. The van der Waals surface area contributed by atoms with Crippen LogP contribution in [0.5, 0.6) is 0 Å². The zero-order valence-corrected chi connectivity index (χ0v) is 48.4. The molecule has 442 valence electrons. The average molecular weight is 1140 g/mol. The van der Waals surface area contributed by atoms with Gasteiger partial charge in [0.05, 0.1) is 11.5 Å². The lowest BCUT2D eigenvalue weighted by molar-refractivity contribution is -1.09. The maximum absolute atomic E-state index is 13.9. The number of ether oxygens (including phenoxy) is 2. The number of quaternary nitrogens is 2. The van der Waals surface area contributed by atoms with Gasteiger partial charge in [0.25, 0.3) is 5.60 Å². The molecule has 0 aromatic heterocycles. The molecule has 11 N–H and O–H groups in total. The van der Waals surface area contributed by atoms with Gasteiger partial charge in [-0.25, -0.2) is 28.8 Å². The van der Waals surface area contributed by atoms with E-state index in [4.69, 9.17) is 40.3 Å². The summed E-state index contributed by atoms with van der Waals surface area (Å²) in [7, 11) is 0. The minimum absolute atomic E-state index is 0.00497. The zero-order valence-electron chi connectivity index (χ0n) is 46.8. The number of nitrogens with two attached hydrogens (primary N) is 2. The molecule has 4 amide bonds. The first kappa shape index (κ1) is 71.7. The number of aliphatic hydroxyl groups excluding tert-OH is 1. The molecule has 0 aliphatic carbocycles. The van der Waals surface area contributed by atoms with Gasteiger partial charge < -0.3 is 57.0 Å². The van der Waals surface area contributed by atoms with Gasteiger partial charge in [-0.1, -0.05) is 26.7 Å². The number of hydrogen-bond acceptors (Lipinski definition) is 23.